The molecule has 4 rings (SSSR count). The van der Waals surface area contributed by atoms with Crippen LogP contribution in [0.3, 0.4) is 0 Å². The van der Waals surface area contributed by atoms with E-state index in [1.54, 1.807) is 18.4 Å². The first kappa shape index (κ1) is 17.5. The number of rotatable bonds is 5. The molecule has 0 atom stereocenters. The molecule has 27 heavy (non-hydrogen) atoms. The van der Waals surface area contributed by atoms with Crippen LogP contribution in [0.2, 0.25) is 0 Å². The molecule has 0 bridgehead atoms. The van der Waals surface area contributed by atoms with Crippen molar-refractivity contribution in [3.63, 3.8) is 0 Å². The fourth-order valence-corrected chi connectivity index (χ4v) is 3.30. The molecule has 2 heterocycles. The first-order chi connectivity index (χ1) is 13.1. The summed E-state index contributed by atoms with van der Waals surface area (Å²) in [5.74, 6) is 1.19. The van der Waals surface area contributed by atoms with Gasteiger partial charge in [0.25, 0.3) is 5.22 Å². The Balaban J connectivity index is 1.44. The van der Waals surface area contributed by atoms with E-state index in [0.717, 1.165) is 16.8 Å². The summed E-state index contributed by atoms with van der Waals surface area (Å²) in [5, 5.41) is 8.43. The minimum atomic E-state index is -0.307. The second-order valence-corrected chi connectivity index (χ2v) is 7.06. The summed E-state index contributed by atoms with van der Waals surface area (Å²) in [6.45, 7) is 4.09. The van der Waals surface area contributed by atoms with Gasteiger partial charge in [-0.2, -0.15) is 0 Å². The number of hydrogen-bond acceptors (Lipinski definition) is 6. The van der Waals surface area contributed by atoms with Crippen LogP contribution in [0.15, 0.2) is 62.8 Å². The minimum Gasteiger partial charge on any atom is -0.444 e. The van der Waals surface area contributed by atoms with Gasteiger partial charge in [-0.15, -0.1) is 10.2 Å². The fourth-order valence-electron chi connectivity index (χ4n) is 2.66. The zero-order chi connectivity index (χ0) is 18.8. The van der Waals surface area contributed by atoms with Crippen LogP contribution >= 0.6 is 11.8 Å². The summed E-state index contributed by atoms with van der Waals surface area (Å²) in [7, 11) is 0. The maximum atomic E-state index is 13.0. The molecule has 0 amide bonds. The van der Waals surface area contributed by atoms with E-state index in [2.05, 4.69) is 28.2 Å². The molecule has 0 aliphatic carbocycles. The second kappa shape index (κ2) is 7.36. The molecule has 0 saturated carbocycles. The Hall–Kier alpha value is -2.93. The summed E-state index contributed by atoms with van der Waals surface area (Å²) >= 11 is 1.37. The van der Waals surface area contributed by atoms with Gasteiger partial charge in [-0.3, -0.25) is 0 Å². The van der Waals surface area contributed by atoms with Crippen LogP contribution in [0.1, 0.15) is 16.8 Å². The largest absolute Gasteiger partial charge is 0.444 e. The van der Waals surface area contributed by atoms with Gasteiger partial charge >= 0.3 is 0 Å². The van der Waals surface area contributed by atoms with Crippen LogP contribution in [-0.2, 0) is 5.75 Å². The summed E-state index contributed by atoms with van der Waals surface area (Å²) in [6.07, 6.45) is 1.64. The minimum absolute atomic E-state index is 0.307. The lowest BCUT2D eigenvalue weighted by molar-refractivity contribution is 0.465. The molecule has 0 aliphatic heterocycles. The van der Waals surface area contributed by atoms with Crippen molar-refractivity contribution in [2.75, 3.05) is 0 Å². The predicted octanol–water partition coefficient (Wildman–Crippen LogP) is 5.44. The maximum Gasteiger partial charge on any atom is 0.277 e. The van der Waals surface area contributed by atoms with E-state index >= 15 is 0 Å². The van der Waals surface area contributed by atoms with Crippen LogP contribution in [0.25, 0.3) is 22.9 Å². The van der Waals surface area contributed by atoms with Gasteiger partial charge in [-0.1, -0.05) is 29.5 Å². The normalized spacial score (nSPS) is 11.1. The van der Waals surface area contributed by atoms with Gasteiger partial charge < -0.3 is 8.83 Å². The highest BCUT2D eigenvalue weighted by atomic mass is 32.2. The number of benzene rings is 2. The highest BCUT2D eigenvalue weighted by Crippen LogP contribution is 2.28. The number of aryl methyl sites for hydroxylation is 2. The molecule has 0 unspecified atom stereocenters. The van der Waals surface area contributed by atoms with Gasteiger partial charge in [-0.25, -0.2) is 9.37 Å². The Morgan fingerprint density at radius 2 is 1.81 bits per heavy atom. The van der Waals surface area contributed by atoms with Gasteiger partial charge in [0.05, 0.1) is 5.69 Å². The van der Waals surface area contributed by atoms with Crippen molar-refractivity contribution in [2.24, 2.45) is 0 Å². The third-order valence-corrected chi connectivity index (χ3v) is 4.86. The zero-order valence-corrected chi connectivity index (χ0v) is 15.6. The molecule has 2 aromatic heterocycles. The van der Waals surface area contributed by atoms with Crippen molar-refractivity contribution >= 4 is 11.8 Å². The summed E-state index contributed by atoms with van der Waals surface area (Å²) < 4.78 is 24.2. The lowest BCUT2D eigenvalue weighted by atomic mass is 10.1. The second-order valence-electron chi connectivity index (χ2n) is 6.13. The quantitative estimate of drug-likeness (QED) is 0.429. The van der Waals surface area contributed by atoms with Crippen LogP contribution in [0.5, 0.6) is 0 Å². The maximum absolute atomic E-state index is 13.0. The first-order valence-electron chi connectivity index (χ1n) is 8.33. The number of thioether (sulfide) groups is 1. The van der Waals surface area contributed by atoms with E-state index < -0.39 is 0 Å². The number of aromatic nitrogens is 3. The van der Waals surface area contributed by atoms with Crippen molar-refractivity contribution in [2.45, 2.75) is 24.8 Å². The van der Waals surface area contributed by atoms with E-state index in [4.69, 9.17) is 8.83 Å². The van der Waals surface area contributed by atoms with Crippen molar-refractivity contribution < 1.29 is 13.2 Å². The average Bonchev–Trinajstić information content (AvgIpc) is 3.30. The molecule has 0 N–H and O–H groups in total. The Labute approximate surface area is 159 Å². The van der Waals surface area contributed by atoms with E-state index in [9.17, 15) is 4.39 Å². The lowest BCUT2D eigenvalue weighted by Crippen LogP contribution is -1.86. The zero-order valence-electron chi connectivity index (χ0n) is 14.8. The van der Waals surface area contributed by atoms with Crippen molar-refractivity contribution in [3.8, 4) is 22.9 Å². The molecule has 0 spiro atoms. The Morgan fingerprint density at radius 3 is 2.59 bits per heavy atom. The summed E-state index contributed by atoms with van der Waals surface area (Å²) in [6, 6.07) is 12.1. The number of halogens is 1. The third kappa shape index (κ3) is 3.93. The Kier molecular flexibility index (Phi) is 4.77. The average molecular weight is 381 g/mol. The number of oxazole rings is 1. The van der Waals surface area contributed by atoms with Gasteiger partial charge in [0.1, 0.15) is 12.1 Å². The van der Waals surface area contributed by atoms with Crippen LogP contribution in [-0.4, -0.2) is 15.2 Å². The first-order valence-corrected chi connectivity index (χ1v) is 9.31. The smallest absolute Gasteiger partial charge is 0.277 e. The van der Waals surface area contributed by atoms with Crippen LogP contribution in [0, 0.1) is 19.7 Å². The van der Waals surface area contributed by atoms with E-state index in [-0.39, 0.29) is 5.82 Å². The predicted molar refractivity (Wildman–Crippen MR) is 101 cm³/mol. The number of hydrogen-bond donors (Lipinski definition) is 0. The third-order valence-electron chi connectivity index (χ3n) is 4.01. The molecule has 4 aromatic rings. The van der Waals surface area contributed by atoms with E-state index in [0.29, 0.717) is 28.3 Å². The molecule has 0 fully saturated rings. The summed E-state index contributed by atoms with van der Waals surface area (Å²) in [5.41, 5.74) is 4.77. The lowest BCUT2D eigenvalue weighted by Gasteiger charge is -2.02. The SMILES string of the molecule is Cc1ccc(-c2nc(CSc3nnc(-c4ccc(F)cc4)o3)co2)c(C)c1. The Bertz CT molecular complexity index is 1070. The molecule has 136 valence electrons. The molecule has 0 aliphatic rings. The van der Waals surface area contributed by atoms with Gasteiger partial charge in [-0.05, 0) is 49.7 Å². The monoisotopic (exact) mass is 381 g/mol. The molecular weight excluding hydrogens is 365 g/mol. The molecule has 0 radical (unpaired) electrons. The standard InChI is InChI=1S/C20H16FN3O2S/c1-12-3-8-17(13(2)9-12)19-22-16(10-25-19)11-27-20-24-23-18(26-20)14-4-6-15(21)7-5-14/h3-10H,11H2,1-2H3. The molecule has 2 aromatic carbocycles. The van der Waals surface area contributed by atoms with Crippen LogP contribution < -0.4 is 0 Å². The fraction of sp³-hybridized carbons (Fsp3) is 0.150. The van der Waals surface area contributed by atoms with E-state index in [1.807, 2.05) is 19.1 Å². The van der Waals surface area contributed by atoms with Crippen molar-refractivity contribution in [1.82, 2.24) is 15.2 Å². The summed E-state index contributed by atoms with van der Waals surface area (Å²) in [4.78, 5) is 4.54. The van der Waals surface area contributed by atoms with E-state index in [1.165, 1.54) is 29.5 Å². The highest BCUT2D eigenvalue weighted by molar-refractivity contribution is 7.98. The molecule has 5 nitrogen and oxygen atoms in total. The van der Waals surface area contributed by atoms with Gasteiger partial charge in [0, 0.05) is 16.9 Å². The topological polar surface area (TPSA) is 65.0 Å². The molecule has 7 heteroatoms. The number of nitrogens with zero attached hydrogens (tertiary/aromatic N) is 3. The van der Waals surface area contributed by atoms with Crippen molar-refractivity contribution in [1.29, 1.82) is 0 Å². The Morgan fingerprint density at radius 1 is 1.00 bits per heavy atom. The molecule has 0 saturated heterocycles. The molecular formula is C20H16FN3O2S. The highest BCUT2D eigenvalue weighted by Gasteiger charge is 2.13. The van der Waals surface area contributed by atoms with Crippen LogP contribution in [0.4, 0.5) is 4.39 Å². The van der Waals surface area contributed by atoms with Gasteiger partial charge in [0.2, 0.25) is 11.8 Å². The van der Waals surface area contributed by atoms with Gasteiger partial charge in [0.15, 0.2) is 0 Å². The van der Waals surface area contributed by atoms with Crippen molar-refractivity contribution in [3.05, 3.63) is 71.4 Å².